The monoisotopic (exact) mass is 470 g/mol. The van der Waals surface area contributed by atoms with Crippen molar-refractivity contribution in [1.29, 1.82) is 0 Å². The van der Waals surface area contributed by atoms with Crippen LogP contribution in [0, 0.1) is 0 Å². The van der Waals surface area contributed by atoms with Crippen LogP contribution in [-0.2, 0) is 17.6 Å². The van der Waals surface area contributed by atoms with Gasteiger partial charge in [0.2, 0.25) is 0 Å². The maximum absolute atomic E-state index is 13.0. The summed E-state index contributed by atoms with van der Waals surface area (Å²) in [5, 5.41) is 25.1. The Balaban J connectivity index is 1.37. The number of hydrogen-bond acceptors (Lipinski definition) is 7. The van der Waals surface area contributed by atoms with E-state index in [1.807, 2.05) is 30.3 Å². The zero-order valence-electron chi connectivity index (χ0n) is 19.2. The normalized spacial score (nSPS) is 20.7. The molecule has 1 atom stereocenters. The zero-order chi connectivity index (χ0) is 24.4. The van der Waals surface area contributed by atoms with Crippen LogP contribution in [0.1, 0.15) is 65.4 Å². The van der Waals surface area contributed by atoms with Crippen LogP contribution in [0.25, 0.3) is 0 Å². The number of phenols is 1. The molecule has 1 unspecified atom stereocenters. The molecule has 35 heavy (non-hydrogen) atoms. The Labute approximate surface area is 202 Å². The fourth-order valence-corrected chi connectivity index (χ4v) is 4.90. The number of allylic oxidation sites excluding steroid dienone is 2. The Kier molecular flexibility index (Phi) is 6.31. The van der Waals surface area contributed by atoms with Crippen LogP contribution in [0.4, 0.5) is 5.69 Å². The number of aliphatic imine (C=N–C) groups is 1. The lowest BCUT2D eigenvalue weighted by Gasteiger charge is -2.20. The SMILES string of the molecule is O=C1CCCC(=Nc2ccccc2O)C1=C(O)CCc1noc2c1C(=O)CC(c1ccccc1)C2. The molecule has 1 heterocycles. The van der Waals surface area contributed by atoms with Crippen molar-refractivity contribution in [1.82, 2.24) is 5.16 Å². The molecule has 7 nitrogen and oxygen atoms in total. The van der Waals surface area contributed by atoms with Crippen LogP contribution >= 0.6 is 0 Å². The molecule has 2 aliphatic rings. The molecule has 1 aromatic heterocycles. The van der Waals surface area contributed by atoms with Gasteiger partial charge in [0.25, 0.3) is 0 Å². The number of fused-ring (bicyclic) bond motifs is 1. The number of benzene rings is 2. The van der Waals surface area contributed by atoms with E-state index in [2.05, 4.69) is 10.1 Å². The number of Topliss-reactive ketones (excluding diaryl/α,β-unsaturated/α-hetero) is 2. The summed E-state index contributed by atoms with van der Waals surface area (Å²) < 4.78 is 5.53. The number of rotatable bonds is 5. The minimum atomic E-state index is -0.174. The fourth-order valence-electron chi connectivity index (χ4n) is 4.90. The molecular weight excluding hydrogens is 444 g/mol. The molecule has 3 aromatic rings. The van der Waals surface area contributed by atoms with Crippen LogP contribution in [0.15, 0.2) is 75.4 Å². The highest BCUT2D eigenvalue weighted by Gasteiger charge is 2.33. The number of hydrogen-bond donors (Lipinski definition) is 2. The highest BCUT2D eigenvalue weighted by Crippen LogP contribution is 2.35. The van der Waals surface area contributed by atoms with Gasteiger partial charge in [-0.25, -0.2) is 4.99 Å². The van der Waals surface area contributed by atoms with E-state index in [4.69, 9.17) is 4.52 Å². The third-order valence-electron chi connectivity index (χ3n) is 6.66. The van der Waals surface area contributed by atoms with Gasteiger partial charge in [0.15, 0.2) is 11.6 Å². The van der Waals surface area contributed by atoms with Gasteiger partial charge in [-0.15, -0.1) is 0 Å². The molecule has 2 N–H and O–H groups in total. The minimum Gasteiger partial charge on any atom is -0.511 e. The van der Waals surface area contributed by atoms with Gasteiger partial charge in [0.1, 0.15) is 23.0 Å². The van der Waals surface area contributed by atoms with Gasteiger partial charge in [-0.3, -0.25) is 9.59 Å². The van der Waals surface area contributed by atoms with E-state index in [0.29, 0.717) is 60.5 Å². The van der Waals surface area contributed by atoms with E-state index in [-0.39, 0.29) is 47.4 Å². The topological polar surface area (TPSA) is 113 Å². The van der Waals surface area contributed by atoms with Crippen LogP contribution < -0.4 is 0 Å². The molecule has 1 fully saturated rings. The Hall–Kier alpha value is -4.00. The van der Waals surface area contributed by atoms with Gasteiger partial charge in [-0.1, -0.05) is 47.6 Å². The van der Waals surface area contributed by atoms with Gasteiger partial charge in [-0.05, 0) is 36.5 Å². The number of aliphatic hydroxyl groups is 1. The smallest absolute Gasteiger partial charge is 0.168 e. The quantitative estimate of drug-likeness (QED) is 0.373. The number of aromatic hydroxyl groups is 1. The van der Waals surface area contributed by atoms with Crippen LogP contribution in [0.5, 0.6) is 5.75 Å². The maximum atomic E-state index is 13.0. The lowest BCUT2D eigenvalue weighted by atomic mass is 9.81. The maximum Gasteiger partial charge on any atom is 0.168 e. The molecule has 0 amide bonds. The van der Waals surface area contributed by atoms with E-state index in [9.17, 15) is 19.8 Å². The Morgan fingerprint density at radius 3 is 2.57 bits per heavy atom. The second-order valence-corrected chi connectivity index (χ2v) is 9.01. The first-order valence-electron chi connectivity index (χ1n) is 11.9. The molecule has 0 bridgehead atoms. The van der Waals surface area contributed by atoms with Gasteiger partial charge in [-0.2, -0.15) is 0 Å². The predicted molar refractivity (Wildman–Crippen MR) is 130 cm³/mol. The van der Waals surface area contributed by atoms with Crippen molar-refractivity contribution in [2.45, 2.75) is 50.9 Å². The average Bonchev–Trinajstić information content (AvgIpc) is 3.28. The van der Waals surface area contributed by atoms with Crippen LogP contribution in [0.3, 0.4) is 0 Å². The standard InChI is InChI=1S/C28H26N2O5/c31-22-11-5-4-9-19(22)29-20-10-6-12-23(32)27(20)24(33)14-13-21-28-25(34)15-18(16-26(28)35-30-21)17-7-2-1-3-8-17/h1-5,7-9,11,18,31,33H,6,10,12-16H2. The first-order chi connectivity index (χ1) is 17.0. The van der Waals surface area contributed by atoms with Crippen molar-refractivity contribution >= 4 is 23.0 Å². The second kappa shape index (κ2) is 9.70. The summed E-state index contributed by atoms with van der Waals surface area (Å²) in [6.07, 6.45) is 2.88. The van der Waals surface area contributed by atoms with E-state index in [0.717, 1.165) is 5.56 Å². The fraction of sp³-hybridized carbons (Fsp3) is 0.286. The van der Waals surface area contributed by atoms with Crippen molar-refractivity contribution in [2.24, 2.45) is 4.99 Å². The number of aromatic nitrogens is 1. The number of nitrogens with zero attached hydrogens (tertiary/aromatic N) is 2. The van der Waals surface area contributed by atoms with Gasteiger partial charge in [0.05, 0.1) is 22.5 Å². The lowest BCUT2D eigenvalue weighted by Crippen LogP contribution is -2.21. The summed E-state index contributed by atoms with van der Waals surface area (Å²) >= 11 is 0. The lowest BCUT2D eigenvalue weighted by molar-refractivity contribution is -0.115. The van der Waals surface area contributed by atoms with E-state index in [1.165, 1.54) is 6.07 Å². The Morgan fingerprint density at radius 2 is 1.77 bits per heavy atom. The number of carbonyl (C=O) groups excluding carboxylic acids is 2. The molecule has 0 spiro atoms. The first-order valence-corrected chi connectivity index (χ1v) is 11.9. The van der Waals surface area contributed by atoms with Gasteiger partial charge in [0, 0.05) is 32.1 Å². The highest BCUT2D eigenvalue weighted by atomic mass is 16.5. The van der Waals surface area contributed by atoms with E-state index in [1.54, 1.807) is 18.2 Å². The molecule has 5 rings (SSSR count). The summed E-state index contributed by atoms with van der Waals surface area (Å²) in [5.74, 6) is 0.378. The van der Waals surface area contributed by atoms with Gasteiger partial charge >= 0.3 is 0 Å². The highest BCUT2D eigenvalue weighted by molar-refractivity contribution is 6.24. The summed E-state index contributed by atoms with van der Waals surface area (Å²) in [7, 11) is 0. The summed E-state index contributed by atoms with van der Waals surface area (Å²) in [4.78, 5) is 30.1. The molecule has 1 saturated carbocycles. The van der Waals surface area contributed by atoms with Crippen LogP contribution in [0.2, 0.25) is 0 Å². The number of phenolic OH excluding ortho intramolecular Hbond substituents is 1. The molecule has 7 heteroatoms. The Bertz CT molecular complexity index is 1340. The van der Waals surface area contributed by atoms with Crippen molar-refractivity contribution in [3.8, 4) is 5.75 Å². The number of ketones is 2. The van der Waals surface area contributed by atoms with Crippen molar-refractivity contribution in [3.05, 3.63) is 88.5 Å². The summed E-state index contributed by atoms with van der Waals surface area (Å²) in [6, 6.07) is 16.5. The minimum absolute atomic E-state index is 0.0124. The van der Waals surface area contributed by atoms with Crippen molar-refractivity contribution in [3.63, 3.8) is 0 Å². The summed E-state index contributed by atoms with van der Waals surface area (Å²) in [6.45, 7) is 0. The molecule has 2 aliphatic carbocycles. The van der Waals surface area contributed by atoms with Crippen molar-refractivity contribution in [2.75, 3.05) is 0 Å². The molecule has 0 aliphatic heterocycles. The van der Waals surface area contributed by atoms with E-state index >= 15 is 0 Å². The predicted octanol–water partition coefficient (Wildman–Crippen LogP) is 5.56. The average molecular weight is 471 g/mol. The van der Waals surface area contributed by atoms with Crippen molar-refractivity contribution < 1.29 is 24.3 Å². The third-order valence-corrected chi connectivity index (χ3v) is 6.66. The molecule has 0 saturated heterocycles. The molecule has 0 radical (unpaired) electrons. The van der Waals surface area contributed by atoms with Gasteiger partial charge < -0.3 is 14.7 Å². The number of carbonyl (C=O) groups is 2. The molecule has 178 valence electrons. The largest absolute Gasteiger partial charge is 0.511 e. The Morgan fingerprint density at radius 1 is 1.00 bits per heavy atom. The van der Waals surface area contributed by atoms with E-state index < -0.39 is 0 Å². The number of para-hydroxylation sites is 2. The van der Waals surface area contributed by atoms with Crippen LogP contribution in [-0.4, -0.2) is 32.6 Å². The second-order valence-electron chi connectivity index (χ2n) is 9.01. The first kappa shape index (κ1) is 22.8. The molecule has 2 aromatic carbocycles. The third kappa shape index (κ3) is 4.67. The number of aryl methyl sites for hydroxylation is 1. The number of aliphatic hydroxyl groups excluding tert-OH is 1. The zero-order valence-corrected chi connectivity index (χ0v) is 19.2. The molecular formula is C28H26N2O5. The summed E-state index contributed by atoms with van der Waals surface area (Å²) in [5.41, 5.74) is 3.13.